The van der Waals surface area contributed by atoms with Crippen LogP contribution < -0.4 is 19.5 Å². The number of ether oxygens (including phenoxy) is 3. The lowest BCUT2D eigenvalue weighted by Gasteiger charge is -2.12. The molecule has 122 valence electrons. The number of amides is 1. The van der Waals surface area contributed by atoms with Crippen molar-refractivity contribution in [1.29, 1.82) is 0 Å². The summed E-state index contributed by atoms with van der Waals surface area (Å²) in [4.78, 5) is 11.9. The van der Waals surface area contributed by atoms with Gasteiger partial charge in [0.15, 0.2) is 17.3 Å². The molecular weight excluding hydrogens is 298 g/mol. The highest BCUT2D eigenvalue weighted by Gasteiger charge is 2.12. The molecule has 23 heavy (non-hydrogen) atoms. The molecule has 0 radical (unpaired) electrons. The summed E-state index contributed by atoms with van der Waals surface area (Å²) >= 11 is 0. The number of methoxy groups -OCH3 is 3. The Morgan fingerprint density at radius 2 is 1.83 bits per heavy atom. The van der Waals surface area contributed by atoms with Crippen molar-refractivity contribution in [1.82, 2.24) is 9.78 Å². The molecule has 1 aromatic carbocycles. The molecule has 7 heteroatoms. The van der Waals surface area contributed by atoms with E-state index in [1.807, 2.05) is 0 Å². The molecule has 0 atom stereocenters. The van der Waals surface area contributed by atoms with Crippen LogP contribution in [0.15, 0.2) is 30.5 Å². The third-order valence-corrected chi connectivity index (χ3v) is 3.08. The lowest BCUT2D eigenvalue weighted by Crippen LogP contribution is -2.08. The average Bonchev–Trinajstić information content (AvgIpc) is 2.96. The minimum atomic E-state index is -0.280. The normalized spacial score (nSPS) is 10.6. The second-order valence-corrected chi connectivity index (χ2v) is 4.66. The third-order valence-electron chi connectivity index (χ3n) is 3.08. The lowest BCUT2D eigenvalue weighted by molar-refractivity contribution is -0.111. The Bertz CT molecular complexity index is 697. The van der Waals surface area contributed by atoms with Crippen LogP contribution in [0.3, 0.4) is 0 Å². The van der Waals surface area contributed by atoms with E-state index in [-0.39, 0.29) is 5.91 Å². The van der Waals surface area contributed by atoms with Crippen LogP contribution in [0.4, 0.5) is 5.82 Å². The van der Waals surface area contributed by atoms with Crippen LogP contribution >= 0.6 is 0 Å². The van der Waals surface area contributed by atoms with Crippen LogP contribution in [0.1, 0.15) is 5.56 Å². The summed E-state index contributed by atoms with van der Waals surface area (Å²) in [7, 11) is 6.40. The van der Waals surface area contributed by atoms with Gasteiger partial charge in [0.05, 0.1) is 21.3 Å². The smallest absolute Gasteiger partial charge is 0.249 e. The zero-order valence-electron chi connectivity index (χ0n) is 13.5. The molecule has 0 saturated carbocycles. The summed E-state index contributed by atoms with van der Waals surface area (Å²) in [5, 5.41) is 6.75. The molecule has 1 N–H and O–H groups in total. The maximum atomic E-state index is 11.9. The second-order valence-electron chi connectivity index (χ2n) is 4.66. The van der Waals surface area contributed by atoms with E-state index in [4.69, 9.17) is 14.2 Å². The highest BCUT2D eigenvalue weighted by atomic mass is 16.5. The van der Waals surface area contributed by atoms with Gasteiger partial charge in [-0.15, -0.1) is 0 Å². The summed E-state index contributed by atoms with van der Waals surface area (Å²) in [6.45, 7) is 0. The average molecular weight is 317 g/mol. The van der Waals surface area contributed by atoms with Crippen LogP contribution in [0.5, 0.6) is 17.2 Å². The first kappa shape index (κ1) is 16.4. The van der Waals surface area contributed by atoms with Crippen molar-refractivity contribution < 1.29 is 19.0 Å². The van der Waals surface area contributed by atoms with Crippen molar-refractivity contribution in [2.45, 2.75) is 0 Å². The fourth-order valence-electron chi connectivity index (χ4n) is 2.02. The first-order chi connectivity index (χ1) is 11.1. The molecule has 0 fully saturated rings. The fourth-order valence-corrected chi connectivity index (χ4v) is 2.02. The highest BCUT2D eigenvalue weighted by molar-refractivity contribution is 6.01. The van der Waals surface area contributed by atoms with E-state index >= 15 is 0 Å². The van der Waals surface area contributed by atoms with E-state index < -0.39 is 0 Å². The molecule has 0 aliphatic carbocycles. The second kappa shape index (κ2) is 7.35. The predicted molar refractivity (Wildman–Crippen MR) is 87.0 cm³/mol. The molecular formula is C16H19N3O4. The van der Waals surface area contributed by atoms with Crippen LogP contribution in [0, 0.1) is 0 Å². The third kappa shape index (κ3) is 4.03. The molecule has 1 amide bonds. The van der Waals surface area contributed by atoms with Crippen molar-refractivity contribution >= 4 is 17.8 Å². The number of hydrogen-bond acceptors (Lipinski definition) is 5. The summed E-state index contributed by atoms with van der Waals surface area (Å²) in [6, 6.07) is 5.23. The number of aromatic nitrogens is 2. The van der Waals surface area contributed by atoms with E-state index in [9.17, 15) is 4.79 Å². The lowest BCUT2D eigenvalue weighted by atomic mass is 10.1. The molecule has 1 heterocycles. The SMILES string of the molecule is COc1cc(/C=C/C(=O)Nc2ccn(C)n2)cc(OC)c1OC. The monoisotopic (exact) mass is 317 g/mol. The number of carbonyl (C=O) groups is 1. The van der Waals surface area contributed by atoms with Crippen LogP contribution in [0.2, 0.25) is 0 Å². The van der Waals surface area contributed by atoms with Gasteiger partial charge in [0.2, 0.25) is 11.7 Å². The number of hydrogen-bond donors (Lipinski definition) is 1. The highest BCUT2D eigenvalue weighted by Crippen LogP contribution is 2.38. The van der Waals surface area contributed by atoms with Gasteiger partial charge in [-0.1, -0.05) is 0 Å². The van der Waals surface area contributed by atoms with E-state index in [0.29, 0.717) is 23.1 Å². The van der Waals surface area contributed by atoms with Crippen LogP contribution in [-0.2, 0) is 11.8 Å². The zero-order valence-corrected chi connectivity index (χ0v) is 13.5. The van der Waals surface area contributed by atoms with Gasteiger partial charge in [-0.05, 0) is 23.8 Å². The Morgan fingerprint density at radius 3 is 2.30 bits per heavy atom. The van der Waals surface area contributed by atoms with Gasteiger partial charge >= 0.3 is 0 Å². The van der Waals surface area contributed by atoms with Crippen molar-refractivity contribution in [3.05, 3.63) is 36.0 Å². The maximum Gasteiger partial charge on any atom is 0.249 e. The number of nitrogens with one attached hydrogen (secondary N) is 1. The minimum Gasteiger partial charge on any atom is -0.493 e. The molecule has 2 rings (SSSR count). The topological polar surface area (TPSA) is 74.6 Å². The van der Waals surface area contributed by atoms with E-state index in [1.165, 1.54) is 13.2 Å². The predicted octanol–water partition coefficient (Wildman–Crippen LogP) is 2.10. The van der Waals surface area contributed by atoms with Crippen molar-refractivity contribution in [2.75, 3.05) is 26.6 Å². The first-order valence-corrected chi connectivity index (χ1v) is 6.86. The van der Waals surface area contributed by atoms with Crippen molar-refractivity contribution in [3.8, 4) is 17.2 Å². The Morgan fingerprint density at radius 1 is 1.17 bits per heavy atom. The van der Waals surface area contributed by atoms with Gasteiger partial charge in [-0.2, -0.15) is 5.10 Å². The zero-order chi connectivity index (χ0) is 16.8. The number of nitrogens with zero attached hydrogens (tertiary/aromatic N) is 2. The van der Waals surface area contributed by atoms with Gasteiger partial charge in [-0.25, -0.2) is 0 Å². The first-order valence-electron chi connectivity index (χ1n) is 6.86. The Labute approximate surface area is 134 Å². The minimum absolute atomic E-state index is 0.280. The summed E-state index contributed by atoms with van der Waals surface area (Å²) in [6.07, 6.45) is 4.82. The standard InChI is InChI=1S/C16H19N3O4/c1-19-8-7-14(18-19)17-15(20)6-5-11-9-12(21-2)16(23-4)13(10-11)22-3/h5-10H,1-4H3,(H,17,18,20)/b6-5+. The number of rotatable bonds is 6. The Hall–Kier alpha value is -2.96. The van der Waals surface area contributed by atoms with Gasteiger partial charge in [0, 0.05) is 25.4 Å². The van der Waals surface area contributed by atoms with Crippen molar-refractivity contribution in [3.63, 3.8) is 0 Å². The fraction of sp³-hybridized carbons (Fsp3) is 0.250. The van der Waals surface area contributed by atoms with Gasteiger partial charge in [-0.3, -0.25) is 9.48 Å². The molecule has 0 aliphatic rings. The number of aryl methyl sites for hydroxylation is 1. The summed E-state index contributed by atoms with van der Waals surface area (Å²) in [5.74, 6) is 1.77. The molecule has 0 unspecified atom stereocenters. The largest absolute Gasteiger partial charge is 0.493 e. The van der Waals surface area contributed by atoms with Gasteiger partial charge in [0.25, 0.3) is 0 Å². The van der Waals surface area contributed by atoms with Crippen LogP contribution in [-0.4, -0.2) is 37.0 Å². The van der Waals surface area contributed by atoms with E-state index in [2.05, 4.69) is 10.4 Å². The quantitative estimate of drug-likeness (QED) is 0.826. The number of benzene rings is 1. The molecule has 7 nitrogen and oxygen atoms in total. The molecule has 0 aliphatic heterocycles. The Kier molecular flexibility index (Phi) is 5.24. The molecule has 1 aromatic heterocycles. The summed E-state index contributed by atoms with van der Waals surface area (Å²) in [5.41, 5.74) is 0.746. The van der Waals surface area contributed by atoms with Gasteiger partial charge < -0.3 is 19.5 Å². The molecule has 0 bridgehead atoms. The maximum absolute atomic E-state index is 11.9. The molecule has 0 spiro atoms. The molecule has 2 aromatic rings. The van der Waals surface area contributed by atoms with Crippen LogP contribution in [0.25, 0.3) is 6.08 Å². The van der Waals surface area contributed by atoms with Crippen molar-refractivity contribution in [2.24, 2.45) is 7.05 Å². The molecule has 0 saturated heterocycles. The summed E-state index contributed by atoms with van der Waals surface area (Å²) < 4.78 is 17.4. The van der Waals surface area contributed by atoms with Gasteiger partial charge in [0.1, 0.15) is 0 Å². The Balaban J connectivity index is 2.16. The number of carbonyl (C=O) groups excluding carboxylic acids is 1. The number of anilines is 1. The van der Waals surface area contributed by atoms with E-state index in [1.54, 1.807) is 56.4 Å². The van der Waals surface area contributed by atoms with E-state index in [0.717, 1.165) is 5.56 Å².